The number of aliphatic hydroxyl groups excluding tert-OH is 1. The van der Waals surface area contributed by atoms with Gasteiger partial charge in [-0.05, 0) is 13.3 Å². The minimum absolute atomic E-state index is 0.0109. The lowest BCUT2D eigenvalue weighted by atomic mass is 10.0. The monoisotopic (exact) mass is 296 g/mol. The van der Waals surface area contributed by atoms with Crippen molar-refractivity contribution in [1.82, 2.24) is 15.0 Å². The molecule has 8 nitrogen and oxygen atoms in total. The Hall–Kier alpha value is -1.67. The van der Waals surface area contributed by atoms with Crippen molar-refractivity contribution >= 4 is 17.8 Å². The molecule has 0 radical (unpaired) electrons. The van der Waals surface area contributed by atoms with Crippen molar-refractivity contribution in [3.8, 4) is 0 Å². The van der Waals surface area contributed by atoms with Crippen molar-refractivity contribution in [3.05, 3.63) is 0 Å². The average Bonchev–Trinajstić information content (AvgIpc) is 2.55. The predicted molar refractivity (Wildman–Crippen MR) is 81.8 cm³/mol. The molecule has 1 aliphatic rings. The molecule has 0 amide bonds. The fourth-order valence-corrected chi connectivity index (χ4v) is 1.95. The van der Waals surface area contributed by atoms with Gasteiger partial charge in [0.2, 0.25) is 17.8 Å². The summed E-state index contributed by atoms with van der Waals surface area (Å²) in [6.45, 7) is 6.82. The van der Waals surface area contributed by atoms with Gasteiger partial charge in [0.15, 0.2) is 0 Å². The highest BCUT2D eigenvalue weighted by molar-refractivity contribution is 5.44. The average molecular weight is 296 g/mol. The van der Waals surface area contributed by atoms with E-state index in [-0.39, 0.29) is 6.61 Å². The lowest BCUT2D eigenvalue weighted by Gasteiger charge is -2.29. The van der Waals surface area contributed by atoms with E-state index in [4.69, 9.17) is 4.74 Å². The molecular formula is C13H24N6O2. The van der Waals surface area contributed by atoms with E-state index in [2.05, 4.69) is 30.5 Å². The summed E-state index contributed by atoms with van der Waals surface area (Å²) in [4.78, 5) is 15.2. The smallest absolute Gasteiger partial charge is 0.232 e. The van der Waals surface area contributed by atoms with Crippen LogP contribution in [0, 0.1) is 0 Å². The highest BCUT2D eigenvalue weighted by Crippen LogP contribution is 2.19. The van der Waals surface area contributed by atoms with E-state index in [1.807, 2.05) is 13.8 Å². The Bertz CT molecular complexity index is 460. The fourth-order valence-electron chi connectivity index (χ4n) is 1.95. The summed E-state index contributed by atoms with van der Waals surface area (Å²) < 4.78 is 5.35. The largest absolute Gasteiger partial charge is 0.394 e. The highest BCUT2D eigenvalue weighted by atomic mass is 16.5. The summed E-state index contributed by atoms with van der Waals surface area (Å²) in [6, 6.07) is 0. The number of hydrogen-bond donors (Lipinski definition) is 3. The quantitative estimate of drug-likeness (QED) is 0.691. The Morgan fingerprint density at radius 2 is 1.90 bits per heavy atom. The molecule has 2 rings (SSSR count). The molecule has 1 atom stereocenters. The molecule has 8 heteroatoms. The zero-order valence-electron chi connectivity index (χ0n) is 12.9. The van der Waals surface area contributed by atoms with Crippen molar-refractivity contribution in [2.24, 2.45) is 0 Å². The van der Waals surface area contributed by atoms with E-state index in [0.29, 0.717) is 31.1 Å². The first-order valence-electron chi connectivity index (χ1n) is 7.26. The number of anilines is 3. The predicted octanol–water partition coefficient (Wildman–Crippen LogP) is 0.323. The van der Waals surface area contributed by atoms with Gasteiger partial charge >= 0.3 is 0 Å². The molecule has 1 fully saturated rings. The van der Waals surface area contributed by atoms with Gasteiger partial charge in [-0.1, -0.05) is 6.92 Å². The van der Waals surface area contributed by atoms with E-state index in [1.165, 1.54) is 0 Å². The van der Waals surface area contributed by atoms with E-state index in [1.54, 1.807) is 7.05 Å². The van der Waals surface area contributed by atoms with E-state index in [9.17, 15) is 5.11 Å². The van der Waals surface area contributed by atoms with Crippen LogP contribution in [0.4, 0.5) is 17.8 Å². The first-order chi connectivity index (χ1) is 10.1. The second-order valence-corrected chi connectivity index (χ2v) is 5.33. The molecule has 0 bridgehead atoms. The summed E-state index contributed by atoms with van der Waals surface area (Å²) in [5.74, 6) is 1.59. The van der Waals surface area contributed by atoms with Gasteiger partial charge in [0, 0.05) is 20.1 Å². The SMILES string of the molecule is CCC(C)(CO)Nc1nc(NC)nc(N2CCOCC2)n1. The number of rotatable bonds is 6. The maximum Gasteiger partial charge on any atom is 0.232 e. The van der Waals surface area contributed by atoms with Gasteiger partial charge in [0.05, 0.1) is 25.4 Å². The van der Waals surface area contributed by atoms with Crippen LogP contribution in [0.2, 0.25) is 0 Å². The molecule has 1 aromatic rings. The second kappa shape index (κ2) is 6.86. The number of morpholine rings is 1. The molecule has 0 saturated carbocycles. The topological polar surface area (TPSA) is 95.4 Å². The van der Waals surface area contributed by atoms with Gasteiger partial charge in [0.25, 0.3) is 0 Å². The molecule has 0 aliphatic carbocycles. The van der Waals surface area contributed by atoms with Crippen LogP contribution in [0.15, 0.2) is 0 Å². The van der Waals surface area contributed by atoms with Crippen LogP contribution < -0.4 is 15.5 Å². The van der Waals surface area contributed by atoms with Crippen LogP contribution in [-0.4, -0.2) is 65.6 Å². The summed E-state index contributed by atoms with van der Waals surface area (Å²) >= 11 is 0. The van der Waals surface area contributed by atoms with Crippen LogP contribution >= 0.6 is 0 Å². The Morgan fingerprint density at radius 1 is 1.24 bits per heavy atom. The molecule has 1 unspecified atom stereocenters. The zero-order chi connectivity index (χ0) is 15.3. The van der Waals surface area contributed by atoms with Gasteiger partial charge < -0.3 is 25.4 Å². The first-order valence-corrected chi connectivity index (χ1v) is 7.26. The molecule has 1 saturated heterocycles. The van der Waals surface area contributed by atoms with Gasteiger partial charge in [-0.15, -0.1) is 0 Å². The summed E-state index contributed by atoms with van der Waals surface area (Å²) in [5.41, 5.74) is -0.450. The Labute approximate surface area is 125 Å². The number of hydrogen-bond acceptors (Lipinski definition) is 8. The third-order valence-corrected chi connectivity index (χ3v) is 3.68. The summed E-state index contributed by atoms with van der Waals surface area (Å²) in [6.07, 6.45) is 0.761. The number of ether oxygens (including phenoxy) is 1. The summed E-state index contributed by atoms with van der Waals surface area (Å²) in [7, 11) is 1.77. The number of nitrogens with zero attached hydrogens (tertiary/aromatic N) is 4. The van der Waals surface area contributed by atoms with Crippen molar-refractivity contribution < 1.29 is 9.84 Å². The van der Waals surface area contributed by atoms with E-state index < -0.39 is 5.54 Å². The molecule has 118 valence electrons. The minimum atomic E-state index is -0.450. The molecule has 2 heterocycles. The van der Waals surface area contributed by atoms with Gasteiger partial charge in [-0.3, -0.25) is 0 Å². The van der Waals surface area contributed by atoms with Crippen LogP contribution in [0.3, 0.4) is 0 Å². The molecule has 3 N–H and O–H groups in total. The maximum absolute atomic E-state index is 9.51. The lowest BCUT2D eigenvalue weighted by Crippen LogP contribution is -2.40. The fraction of sp³-hybridized carbons (Fsp3) is 0.769. The standard InChI is InChI=1S/C13H24N6O2/c1-4-13(2,9-20)18-11-15-10(14-3)16-12(17-11)19-5-7-21-8-6-19/h20H,4-9H2,1-3H3,(H2,14,15,16,17,18). The van der Waals surface area contributed by atoms with Crippen LogP contribution in [0.1, 0.15) is 20.3 Å². The minimum Gasteiger partial charge on any atom is -0.394 e. The lowest BCUT2D eigenvalue weighted by molar-refractivity contribution is 0.122. The number of nitrogens with one attached hydrogen (secondary N) is 2. The molecule has 0 aromatic carbocycles. The van der Waals surface area contributed by atoms with Gasteiger partial charge in [0.1, 0.15) is 0 Å². The highest BCUT2D eigenvalue weighted by Gasteiger charge is 2.23. The van der Waals surface area contributed by atoms with E-state index >= 15 is 0 Å². The molecule has 1 aliphatic heterocycles. The Morgan fingerprint density at radius 3 is 2.48 bits per heavy atom. The number of aromatic nitrogens is 3. The molecule has 21 heavy (non-hydrogen) atoms. The molecule has 0 spiro atoms. The summed E-state index contributed by atoms with van der Waals surface area (Å²) in [5, 5.41) is 15.7. The van der Waals surface area contributed by atoms with E-state index in [0.717, 1.165) is 19.5 Å². The number of aliphatic hydroxyl groups is 1. The Balaban J connectivity index is 2.24. The zero-order valence-corrected chi connectivity index (χ0v) is 12.9. The second-order valence-electron chi connectivity index (χ2n) is 5.33. The van der Waals surface area contributed by atoms with Crippen molar-refractivity contribution in [3.63, 3.8) is 0 Å². The third kappa shape index (κ3) is 3.92. The van der Waals surface area contributed by atoms with Crippen molar-refractivity contribution in [2.45, 2.75) is 25.8 Å². The van der Waals surface area contributed by atoms with Crippen molar-refractivity contribution in [2.75, 3.05) is 55.5 Å². The van der Waals surface area contributed by atoms with Crippen LogP contribution in [-0.2, 0) is 4.74 Å². The third-order valence-electron chi connectivity index (χ3n) is 3.68. The van der Waals surface area contributed by atoms with Crippen LogP contribution in [0.5, 0.6) is 0 Å². The van der Waals surface area contributed by atoms with Gasteiger partial charge in [-0.25, -0.2) is 0 Å². The molecule has 1 aromatic heterocycles. The normalized spacial score (nSPS) is 18.2. The Kier molecular flexibility index (Phi) is 5.13. The van der Waals surface area contributed by atoms with Crippen LogP contribution in [0.25, 0.3) is 0 Å². The molecular weight excluding hydrogens is 272 g/mol. The first kappa shape index (κ1) is 15.7. The van der Waals surface area contributed by atoms with Gasteiger partial charge in [-0.2, -0.15) is 15.0 Å². The van der Waals surface area contributed by atoms with Crippen molar-refractivity contribution in [1.29, 1.82) is 0 Å². The maximum atomic E-state index is 9.51.